The Morgan fingerprint density at radius 3 is 2.64 bits per heavy atom. The van der Waals surface area contributed by atoms with Gasteiger partial charge in [0.1, 0.15) is 0 Å². The summed E-state index contributed by atoms with van der Waals surface area (Å²) in [5.74, 6) is -0.317. The number of hydrogen-bond donors (Lipinski definition) is 1. The number of amides is 3. The predicted octanol–water partition coefficient (Wildman–Crippen LogP) is 2.16. The van der Waals surface area contributed by atoms with Crippen molar-refractivity contribution in [2.75, 3.05) is 26.3 Å². The first-order chi connectivity index (χ1) is 11.9. The summed E-state index contributed by atoms with van der Waals surface area (Å²) in [4.78, 5) is 37.6. The first-order valence-corrected chi connectivity index (χ1v) is 8.71. The van der Waals surface area contributed by atoms with Crippen LogP contribution in [0.25, 0.3) is 0 Å². The van der Waals surface area contributed by atoms with E-state index in [1.165, 1.54) is 0 Å². The Balaban J connectivity index is 1.72. The van der Waals surface area contributed by atoms with Crippen LogP contribution in [0.5, 0.6) is 0 Å². The Morgan fingerprint density at radius 1 is 1.20 bits per heavy atom. The monoisotopic (exact) mass is 346 g/mol. The van der Waals surface area contributed by atoms with Gasteiger partial charge >= 0.3 is 0 Å². The largest absolute Gasteiger partial charge is 0.381 e. The topological polar surface area (TPSA) is 75.7 Å². The summed E-state index contributed by atoms with van der Waals surface area (Å²) in [6.07, 6.45) is 0.849. The van der Waals surface area contributed by atoms with Crippen LogP contribution in [0, 0.1) is 12.8 Å². The molecule has 3 amide bonds. The molecule has 0 bridgehead atoms. The normalized spacial score (nSPS) is 13.5. The highest BCUT2D eigenvalue weighted by molar-refractivity contribution is 6.21. The van der Waals surface area contributed by atoms with E-state index in [0.29, 0.717) is 36.8 Å². The maximum Gasteiger partial charge on any atom is 0.261 e. The van der Waals surface area contributed by atoms with Gasteiger partial charge in [-0.05, 0) is 31.4 Å². The average Bonchev–Trinajstić information content (AvgIpc) is 2.79. The molecule has 0 unspecified atom stereocenters. The number of ether oxygens (including phenoxy) is 1. The van der Waals surface area contributed by atoms with E-state index >= 15 is 0 Å². The van der Waals surface area contributed by atoms with Gasteiger partial charge < -0.3 is 10.1 Å². The molecular weight excluding hydrogens is 320 g/mol. The van der Waals surface area contributed by atoms with Gasteiger partial charge in [-0.1, -0.05) is 25.5 Å². The molecule has 0 saturated heterocycles. The van der Waals surface area contributed by atoms with Crippen molar-refractivity contribution in [2.24, 2.45) is 5.92 Å². The molecule has 0 radical (unpaired) electrons. The van der Waals surface area contributed by atoms with E-state index in [2.05, 4.69) is 19.2 Å². The highest BCUT2D eigenvalue weighted by atomic mass is 16.5. The SMILES string of the molecule is Cc1ccc2c(c1)C(=O)N(CCC(=O)NCCCOCC(C)C)C2=O. The third-order valence-electron chi connectivity index (χ3n) is 3.93. The fraction of sp³-hybridized carbons (Fsp3) is 0.526. The van der Waals surface area contributed by atoms with Gasteiger partial charge in [0.25, 0.3) is 11.8 Å². The number of carbonyl (C=O) groups is 3. The van der Waals surface area contributed by atoms with Crippen molar-refractivity contribution < 1.29 is 19.1 Å². The zero-order chi connectivity index (χ0) is 18.4. The molecule has 6 heteroatoms. The molecule has 1 aromatic rings. The molecule has 1 aromatic carbocycles. The summed E-state index contributed by atoms with van der Waals surface area (Å²) in [6.45, 7) is 7.99. The van der Waals surface area contributed by atoms with E-state index in [4.69, 9.17) is 4.74 Å². The predicted molar refractivity (Wildman–Crippen MR) is 94.4 cm³/mol. The fourth-order valence-corrected chi connectivity index (χ4v) is 2.63. The Labute approximate surface area is 148 Å². The van der Waals surface area contributed by atoms with Gasteiger partial charge in [-0.2, -0.15) is 0 Å². The van der Waals surface area contributed by atoms with Crippen LogP contribution in [0.3, 0.4) is 0 Å². The fourth-order valence-electron chi connectivity index (χ4n) is 2.63. The van der Waals surface area contributed by atoms with Crippen LogP contribution < -0.4 is 5.32 Å². The summed E-state index contributed by atoms with van der Waals surface area (Å²) in [5, 5.41) is 2.79. The second kappa shape index (κ2) is 8.76. The molecule has 1 aliphatic rings. The first-order valence-electron chi connectivity index (χ1n) is 8.71. The maximum absolute atomic E-state index is 12.3. The maximum atomic E-state index is 12.3. The molecule has 2 rings (SSSR count). The number of imide groups is 1. The van der Waals surface area contributed by atoms with Crippen LogP contribution in [-0.4, -0.2) is 48.9 Å². The smallest absolute Gasteiger partial charge is 0.261 e. The van der Waals surface area contributed by atoms with Gasteiger partial charge in [0.05, 0.1) is 11.1 Å². The van der Waals surface area contributed by atoms with Gasteiger partial charge in [-0.25, -0.2) is 0 Å². The molecule has 0 saturated carbocycles. The van der Waals surface area contributed by atoms with Crippen LogP contribution in [0.2, 0.25) is 0 Å². The Bertz CT molecular complexity index is 655. The van der Waals surface area contributed by atoms with Crippen molar-refractivity contribution in [2.45, 2.75) is 33.6 Å². The van der Waals surface area contributed by atoms with Crippen LogP contribution >= 0.6 is 0 Å². The molecule has 1 N–H and O–H groups in total. The average molecular weight is 346 g/mol. The summed E-state index contributed by atoms with van der Waals surface area (Å²) in [7, 11) is 0. The number of carbonyl (C=O) groups excluding carboxylic acids is 3. The lowest BCUT2D eigenvalue weighted by Crippen LogP contribution is -2.35. The van der Waals surface area contributed by atoms with Crippen molar-refractivity contribution in [3.63, 3.8) is 0 Å². The number of hydrogen-bond acceptors (Lipinski definition) is 4. The molecule has 1 heterocycles. The van der Waals surface area contributed by atoms with Gasteiger partial charge in [-0.15, -0.1) is 0 Å². The first kappa shape index (κ1) is 19.1. The number of benzene rings is 1. The standard InChI is InChI=1S/C19H26N2O4/c1-13(2)12-25-10-4-8-20-17(22)7-9-21-18(23)15-6-5-14(3)11-16(15)19(21)24/h5-6,11,13H,4,7-10,12H2,1-3H3,(H,20,22). The molecule has 0 spiro atoms. The zero-order valence-electron chi connectivity index (χ0n) is 15.1. The van der Waals surface area contributed by atoms with Gasteiger partial charge in [0, 0.05) is 32.7 Å². The minimum atomic E-state index is -0.324. The van der Waals surface area contributed by atoms with Crippen LogP contribution in [0.1, 0.15) is 53.0 Å². The van der Waals surface area contributed by atoms with E-state index in [1.54, 1.807) is 12.1 Å². The number of nitrogens with zero attached hydrogens (tertiary/aromatic N) is 1. The van der Waals surface area contributed by atoms with E-state index in [-0.39, 0.29) is 30.7 Å². The summed E-state index contributed by atoms with van der Waals surface area (Å²) in [6, 6.07) is 5.19. The molecule has 25 heavy (non-hydrogen) atoms. The van der Waals surface area contributed by atoms with E-state index in [0.717, 1.165) is 16.9 Å². The molecule has 0 aromatic heterocycles. The summed E-state index contributed by atoms with van der Waals surface area (Å²) >= 11 is 0. The van der Waals surface area contributed by atoms with E-state index < -0.39 is 0 Å². The van der Waals surface area contributed by atoms with E-state index in [1.807, 2.05) is 13.0 Å². The molecule has 0 atom stereocenters. The van der Waals surface area contributed by atoms with Crippen LogP contribution in [0.4, 0.5) is 0 Å². The van der Waals surface area contributed by atoms with E-state index in [9.17, 15) is 14.4 Å². The van der Waals surface area contributed by atoms with Gasteiger partial charge in [-0.3, -0.25) is 19.3 Å². The molecule has 0 fully saturated rings. The number of aryl methyl sites for hydroxylation is 1. The quantitative estimate of drug-likeness (QED) is 0.549. The molecule has 6 nitrogen and oxygen atoms in total. The minimum Gasteiger partial charge on any atom is -0.381 e. The van der Waals surface area contributed by atoms with Gasteiger partial charge in [0.15, 0.2) is 0 Å². The second-order valence-corrected chi connectivity index (χ2v) is 6.73. The Hall–Kier alpha value is -2.21. The lowest BCUT2D eigenvalue weighted by Gasteiger charge is -2.13. The van der Waals surface area contributed by atoms with Gasteiger partial charge in [0.2, 0.25) is 5.91 Å². The van der Waals surface area contributed by atoms with Crippen molar-refractivity contribution in [1.82, 2.24) is 10.2 Å². The molecular formula is C19H26N2O4. The number of nitrogens with one attached hydrogen (secondary N) is 1. The highest BCUT2D eigenvalue weighted by Gasteiger charge is 2.35. The molecule has 136 valence electrons. The lowest BCUT2D eigenvalue weighted by molar-refractivity contribution is -0.121. The van der Waals surface area contributed by atoms with Crippen LogP contribution in [-0.2, 0) is 9.53 Å². The zero-order valence-corrected chi connectivity index (χ0v) is 15.1. The van der Waals surface area contributed by atoms with Crippen molar-refractivity contribution in [3.8, 4) is 0 Å². The highest BCUT2D eigenvalue weighted by Crippen LogP contribution is 2.23. The third kappa shape index (κ3) is 5.13. The van der Waals surface area contributed by atoms with Crippen molar-refractivity contribution in [1.29, 1.82) is 0 Å². The number of fused-ring (bicyclic) bond motifs is 1. The number of rotatable bonds is 9. The third-order valence-corrected chi connectivity index (χ3v) is 3.93. The lowest BCUT2D eigenvalue weighted by atomic mass is 10.1. The Kier molecular flexibility index (Phi) is 6.70. The molecule has 1 aliphatic heterocycles. The summed E-state index contributed by atoms with van der Waals surface area (Å²) in [5.41, 5.74) is 1.77. The van der Waals surface area contributed by atoms with Crippen molar-refractivity contribution in [3.05, 3.63) is 34.9 Å². The molecule has 0 aliphatic carbocycles. The minimum absolute atomic E-state index is 0.0983. The van der Waals surface area contributed by atoms with Crippen molar-refractivity contribution >= 4 is 17.7 Å². The Morgan fingerprint density at radius 2 is 1.92 bits per heavy atom. The second-order valence-electron chi connectivity index (χ2n) is 6.73. The summed E-state index contributed by atoms with van der Waals surface area (Å²) < 4.78 is 5.44. The van der Waals surface area contributed by atoms with Crippen LogP contribution in [0.15, 0.2) is 18.2 Å².